The van der Waals surface area contributed by atoms with E-state index in [2.05, 4.69) is 0 Å². The van der Waals surface area contributed by atoms with Crippen LogP contribution < -0.4 is 0 Å². The van der Waals surface area contributed by atoms with Crippen molar-refractivity contribution in [2.75, 3.05) is 13.7 Å². The number of methoxy groups -OCH3 is 1. The molecule has 0 saturated carbocycles. The fourth-order valence-corrected chi connectivity index (χ4v) is 3.31. The molecule has 1 aromatic heterocycles. The molecule has 1 N–H and O–H groups in total. The number of ether oxygens (including phenoxy) is 1. The third-order valence-electron chi connectivity index (χ3n) is 1.82. The van der Waals surface area contributed by atoms with Gasteiger partial charge in [0.15, 0.2) is 0 Å². The molecule has 1 rings (SSSR count). The van der Waals surface area contributed by atoms with E-state index < -0.39 is 5.97 Å². The summed E-state index contributed by atoms with van der Waals surface area (Å²) in [6.45, 7) is 0.607. The van der Waals surface area contributed by atoms with Crippen LogP contribution in [0.15, 0.2) is 21.7 Å². The van der Waals surface area contributed by atoms with Crippen LogP contribution in [0.25, 0.3) is 0 Å². The molecular weight excluding hydrogens is 232 g/mol. The highest BCUT2D eigenvalue weighted by Crippen LogP contribution is 2.31. The van der Waals surface area contributed by atoms with Crippen LogP contribution in [0, 0.1) is 0 Å². The standard InChI is InChI=1S/C10H14O3S2/c1-13-5-4-8(7-9(11)12)15-10-3-2-6-14-10/h2-3,6,8H,4-5,7H2,1H3,(H,11,12). The van der Waals surface area contributed by atoms with Gasteiger partial charge in [-0.3, -0.25) is 4.79 Å². The summed E-state index contributed by atoms with van der Waals surface area (Å²) in [5.74, 6) is -0.750. The van der Waals surface area contributed by atoms with Gasteiger partial charge in [0.1, 0.15) is 0 Å². The van der Waals surface area contributed by atoms with Gasteiger partial charge < -0.3 is 9.84 Å². The predicted octanol–water partition coefficient (Wildman–Crippen LogP) is 2.72. The van der Waals surface area contributed by atoms with E-state index in [1.807, 2.05) is 17.5 Å². The molecular formula is C10H14O3S2. The van der Waals surface area contributed by atoms with Gasteiger partial charge >= 0.3 is 5.97 Å². The summed E-state index contributed by atoms with van der Waals surface area (Å²) in [6, 6.07) is 3.98. The first-order valence-electron chi connectivity index (χ1n) is 4.63. The number of thioether (sulfide) groups is 1. The minimum Gasteiger partial charge on any atom is -0.481 e. The van der Waals surface area contributed by atoms with E-state index in [4.69, 9.17) is 9.84 Å². The molecule has 0 aromatic carbocycles. The minimum absolute atomic E-state index is 0.0982. The van der Waals surface area contributed by atoms with Gasteiger partial charge in [-0.15, -0.1) is 23.1 Å². The maximum absolute atomic E-state index is 10.7. The average Bonchev–Trinajstić information content (AvgIpc) is 2.66. The lowest BCUT2D eigenvalue weighted by Crippen LogP contribution is -2.12. The van der Waals surface area contributed by atoms with Crippen molar-refractivity contribution in [1.82, 2.24) is 0 Å². The van der Waals surface area contributed by atoms with Gasteiger partial charge in [0, 0.05) is 19.0 Å². The molecule has 84 valence electrons. The Balaban J connectivity index is 2.44. The number of hydrogen-bond donors (Lipinski definition) is 1. The number of aliphatic carboxylic acids is 1. The van der Waals surface area contributed by atoms with Crippen molar-refractivity contribution >= 4 is 29.1 Å². The van der Waals surface area contributed by atoms with Gasteiger partial charge in [-0.2, -0.15) is 0 Å². The number of carboxylic acid groups (broad SMARTS) is 1. The Morgan fingerprint density at radius 1 is 1.73 bits per heavy atom. The van der Waals surface area contributed by atoms with Crippen LogP contribution >= 0.6 is 23.1 Å². The van der Waals surface area contributed by atoms with Gasteiger partial charge in [-0.05, 0) is 17.9 Å². The highest BCUT2D eigenvalue weighted by molar-refractivity contribution is 8.01. The molecule has 0 bridgehead atoms. The minimum atomic E-state index is -0.750. The molecule has 5 heteroatoms. The van der Waals surface area contributed by atoms with E-state index in [1.54, 1.807) is 30.2 Å². The summed E-state index contributed by atoms with van der Waals surface area (Å²) >= 11 is 3.26. The van der Waals surface area contributed by atoms with Crippen molar-refractivity contribution in [2.45, 2.75) is 22.3 Å². The first-order chi connectivity index (χ1) is 7.22. The molecule has 0 amide bonds. The van der Waals surface area contributed by atoms with Gasteiger partial charge in [0.25, 0.3) is 0 Å². The fraction of sp³-hybridized carbons (Fsp3) is 0.500. The lowest BCUT2D eigenvalue weighted by atomic mass is 10.2. The molecule has 3 nitrogen and oxygen atoms in total. The maximum atomic E-state index is 10.7. The summed E-state index contributed by atoms with van der Waals surface area (Å²) < 4.78 is 6.13. The molecule has 1 aromatic rings. The second-order valence-corrected chi connectivity index (χ2v) is 5.60. The third kappa shape index (κ3) is 5.20. The second kappa shape index (κ2) is 6.87. The molecule has 0 radical (unpaired) electrons. The predicted molar refractivity (Wildman–Crippen MR) is 62.7 cm³/mol. The van der Waals surface area contributed by atoms with E-state index in [0.29, 0.717) is 6.61 Å². The van der Waals surface area contributed by atoms with Crippen LogP contribution in [0.1, 0.15) is 12.8 Å². The molecule has 0 spiro atoms. The summed E-state index contributed by atoms with van der Waals surface area (Å²) in [6.07, 6.45) is 0.956. The SMILES string of the molecule is COCCC(CC(=O)O)Sc1cccs1. The van der Waals surface area contributed by atoms with E-state index in [0.717, 1.165) is 10.6 Å². The van der Waals surface area contributed by atoms with Crippen LogP contribution in [-0.4, -0.2) is 30.0 Å². The van der Waals surface area contributed by atoms with Crippen LogP contribution in [-0.2, 0) is 9.53 Å². The Bertz CT molecular complexity index is 285. The fourth-order valence-electron chi connectivity index (χ4n) is 1.14. The van der Waals surface area contributed by atoms with Crippen molar-refractivity contribution in [2.24, 2.45) is 0 Å². The average molecular weight is 246 g/mol. The Kier molecular flexibility index (Phi) is 5.75. The van der Waals surface area contributed by atoms with Gasteiger partial charge in [0.2, 0.25) is 0 Å². The zero-order valence-electron chi connectivity index (χ0n) is 8.51. The summed E-state index contributed by atoms with van der Waals surface area (Å²) in [4.78, 5) is 10.7. The van der Waals surface area contributed by atoms with E-state index in [-0.39, 0.29) is 11.7 Å². The van der Waals surface area contributed by atoms with Crippen molar-refractivity contribution in [3.8, 4) is 0 Å². The topological polar surface area (TPSA) is 46.5 Å². The molecule has 1 heterocycles. The number of thiophene rings is 1. The molecule has 0 aliphatic rings. The first-order valence-corrected chi connectivity index (χ1v) is 6.39. The highest BCUT2D eigenvalue weighted by Gasteiger charge is 2.14. The van der Waals surface area contributed by atoms with Crippen LogP contribution in [0.4, 0.5) is 0 Å². The summed E-state index contributed by atoms with van der Waals surface area (Å²) in [5, 5.41) is 10.9. The normalized spacial score (nSPS) is 12.6. The Morgan fingerprint density at radius 3 is 3.07 bits per heavy atom. The van der Waals surface area contributed by atoms with Crippen LogP contribution in [0.3, 0.4) is 0 Å². The smallest absolute Gasteiger partial charge is 0.304 e. The quantitative estimate of drug-likeness (QED) is 0.751. The molecule has 0 fully saturated rings. The van der Waals surface area contributed by atoms with Crippen molar-refractivity contribution in [1.29, 1.82) is 0 Å². The molecule has 1 unspecified atom stereocenters. The zero-order chi connectivity index (χ0) is 11.1. The number of carboxylic acids is 1. The maximum Gasteiger partial charge on any atom is 0.304 e. The van der Waals surface area contributed by atoms with Gasteiger partial charge in [0.05, 0.1) is 10.6 Å². The first kappa shape index (κ1) is 12.5. The highest BCUT2D eigenvalue weighted by atomic mass is 32.2. The molecule has 15 heavy (non-hydrogen) atoms. The lowest BCUT2D eigenvalue weighted by Gasteiger charge is -2.12. The van der Waals surface area contributed by atoms with Crippen LogP contribution in [0.5, 0.6) is 0 Å². The molecule has 1 atom stereocenters. The molecule has 0 aliphatic heterocycles. The number of hydrogen-bond acceptors (Lipinski definition) is 4. The van der Waals surface area contributed by atoms with Crippen LogP contribution in [0.2, 0.25) is 0 Å². The molecule has 0 aliphatic carbocycles. The Morgan fingerprint density at radius 2 is 2.53 bits per heavy atom. The monoisotopic (exact) mass is 246 g/mol. The van der Waals surface area contributed by atoms with E-state index in [9.17, 15) is 4.79 Å². The number of rotatable bonds is 7. The molecule has 0 saturated heterocycles. The number of carbonyl (C=O) groups is 1. The van der Waals surface area contributed by atoms with E-state index in [1.165, 1.54) is 0 Å². The van der Waals surface area contributed by atoms with Crippen molar-refractivity contribution in [3.05, 3.63) is 17.5 Å². The second-order valence-electron chi connectivity index (χ2n) is 3.05. The Labute approximate surface area is 97.5 Å². The van der Waals surface area contributed by atoms with Crippen molar-refractivity contribution < 1.29 is 14.6 Å². The third-order valence-corrected chi connectivity index (χ3v) is 4.17. The largest absolute Gasteiger partial charge is 0.481 e. The van der Waals surface area contributed by atoms with Crippen molar-refractivity contribution in [3.63, 3.8) is 0 Å². The van der Waals surface area contributed by atoms with E-state index >= 15 is 0 Å². The lowest BCUT2D eigenvalue weighted by molar-refractivity contribution is -0.137. The zero-order valence-corrected chi connectivity index (χ0v) is 10.1. The van der Waals surface area contributed by atoms with Gasteiger partial charge in [-0.1, -0.05) is 6.07 Å². The summed E-state index contributed by atoms with van der Waals surface area (Å²) in [7, 11) is 1.63. The Hall–Kier alpha value is -0.520. The van der Waals surface area contributed by atoms with Gasteiger partial charge in [-0.25, -0.2) is 0 Å². The summed E-state index contributed by atoms with van der Waals surface area (Å²) in [5.41, 5.74) is 0.